The Morgan fingerprint density at radius 1 is 1.33 bits per heavy atom. The molecule has 1 aromatic rings. The topological polar surface area (TPSA) is 54.0 Å². The second-order valence-corrected chi connectivity index (χ2v) is 5.80. The number of aromatic nitrogens is 1. The highest BCUT2D eigenvalue weighted by Crippen LogP contribution is 2.16. The lowest BCUT2D eigenvalue weighted by molar-refractivity contribution is -0.121. The van der Waals surface area contributed by atoms with Gasteiger partial charge in [0.25, 0.3) is 0 Å². The zero-order valence-electron chi connectivity index (χ0n) is 10.7. The van der Waals surface area contributed by atoms with E-state index in [-0.39, 0.29) is 5.91 Å². The smallest absolute Gasteiger partial charge is 0.234 e. The molecule has 1 aromatic heterocycles. The summed E-state index contributed by atoms with van der Waals surface area (Å²) in [4.78, 5) is 16.9. The summed E-state index contributed by atoms with van der Waals surface area (Å²) < 4.78 is 0. The van der Waals surface area contributed by atoms with Gasteiger partial charge < -0.3 is 10.6 Å². The van der Waals surface area contributed by atoms with Crippen LogP contribution in [0, 0.1) is 0 Å². The number of carbonyl (C=O) groups is 1. The van der Waals surface area contributed by atoms with E-state index in [1.807, 2.05) is 11.7 Å². The SMILES string of the molecule is O=C(CNCc1cncs1)NC1CCCCCC1. The molecule has 0 saturated heterocycles. The molecule has 0 aromatic carbocycles. The molecule has 0 aliphatic heterocycles. The van der Waals surface area contributed by atoms with Gasteiger partial charge in [0, 0.05) is 23.7 Å². The fourth-order valence-corrected chi connectivity index (χ4v) is 2.90. The molecule has 100 valence electrons. The number of hydrogen-bond donors (Lipinski definition) is 2. The van der Waals surface area contributed by atoms with Crippen LogP contribution >= 0.6 is 11.3 Å². The highest BCUT2D eigenvalue weighted by atomic mass is 32.1. The average Bonchev–Trinajstić information content (AvgIpc) is 2.74. The van der Waals surface area contributed by atoms with Crippen LogP contribution in [0.5, 0.6) is 0 Å². The van der Waals surface area contributed by atoms with Gasteiger partial charge in [-0.25, -0.2) is 0 Å². The van der Waals surface area contributed by atoms with Crippen molar-refractivity contribution in [3.05, 3.63) is 16.6 Å². The van der Waals surface area contributed by atoms with Crippen LogP contribution in [-0.2, 0) is 11.3 Å². The van der Waals surface area contributed by atoms with Crippen molar-refractivity contribution in [3.8, 4) is 0 Å². The second-order valence-electron chi connectivity index (χ2n) is 4.83. The first kappa shape index (κ1) is 13.5. The number of nitrogens with one attached hydrogen (secondary N) is 2. The number of rotatable bonds is 5. The summed E-state index contributed by atoms with van der Waals surface area (Å²) in [7, 11) is 0. The van der Waals surface area contributed by atoms with Crippen LogP contribution in [0.2, 0.25) is 0 Å². The summed E-state index contributed by atoms with van der Waals surface area (Å²) in [5.41, 5.74) is 1.81. The van der Waals surface area contributed by atoms with Crippen molar-refractivity contribution >= 4 is 17.2 Å². The molecule has 0 spiro atoms. The van der Waals surface area contributed by atoms with Crippen LogP contribution < -0.4 is 10.6 Å². The van der Waals surface area contributed by atoms with Crippen molar-refractivity contribution in [3.63, 3.8) is 0 Å². The highest BCUT2D eigenvalue weighted by Gasteiger charge is 2.14. The summed E-state index contributed by atoms with van der Waals surface area (Å²) >= 11 is 1.61. The molecule has 2 N–H and O–H groups in total. The molecule has 0 atom stereocenters. The Bertz CT molecular complexity index is 345. The van der Waals surface area contributed by atoms with Crippen LogP contribution in [0.15, 0.2) is 11.7 Å². The van der Waals surface area contributed by atoms with Crippen molar-refractivity contribution in [1.82, 2.24) is 15.6 Å². The molecule has 18 heavy (non-hydrogen) atoms. The molecule has 1 aliphatic carbocycles. The van der Waals surface area contributed by atoms with Gasteiger partial charge >= 0.3 is 0 Å². The van der Waals surface area contributed by atoms with E-state index in [0.717, 1.165) is 24.3 Å². The molecule has 1 heterocycles. The van der Waals surface area contributed by atoms with E-state index in [4.69, 9.17) is 0 Å². The Morgan fingerprint density at radius 2 is 2.11 bits per heavy atom. The van der Waals surface area contributed by atoms with Crippen molar-refractivity contribution in [1.29, 1.82) is 0 Å². The summed E-state index contributed by atoms with van der Waals surface area (Å²) in [6.07, 6.45) is 9.24. The van der Waals surface area contributed by atoms with Crippen LogP contribution in [-0.4, -0.2) is 23.5 Å². The van der Waals surface area contributed by atoms with Crippen molar-refractivity contribution in [2.24, 2.45) is 0 Å². The predicted molar refractivity (Wildman–Crippen MR) is 73.5 cm³/mol. The molecular weight excluding hydrogens is 246 g/mol. The van der Waals surface area contributed by atoms with Gasteiger partial charge in [-0.2, -0.15) is 0 Å². The van der Waals surface area contributed by atoms with Gasteiger partial charge in [-0.1, -0.05) is 25.7 Å². The van der Waals surface area contributed by atoms with Gasteiger partial charge in [-0.15, -0.1) is 11.3 Å². The largest absolute Gasteiger partial charge is 0.352 e. The van der Waals surface area contributed by atoms with E-state index < -0.39 is 0 Å². The lowest BCUT2D eigenvalue weighted by Gasteiger charge is -2.16. The van der Waals surface area contributed by atoms with Gasteiger partial charge in [0.2, 0.25) is 5.91 Å². The monoisotopic (exact) mass is 267 g/mol. The number of hydrogen-bond acceptors (Lipinski definition) is 4. The lowest BCUT2D eigenvalue weighted by atomic mass is 10.1. The Labute approximate surface area is 112 Å². The summed E-state index contributed by atoms with van der Waals surface area (Å²) in [6, 6.07) is 0.394. The highest BCUT2D eigenvalue weighted by molar-refractivity contribution is 7.09. The normalized spacial score (nSPS) is 17.3. The fraction of sp³-hybridized carbons (Fsp3) is 0.692. The summed E-state index contributed by atoms with van der Waals surface area (Å²) in [5.74, 6) is 0.117. The zero-order chi connectivity index (χ0) is 12.6. The Kier molecular flexibility index (Phi) is 5.61. The zero-order valence-corrected chi connectivity index (χ0v) is 11.5. The minimum atomic E-state index is 0.117. The van der Waals surface area contributed by atoms with E-state index in [1.54, 1.807) is 11.3 Å². The first-order chi connectivity index (χ1) is 8.84. The molecule has 1 saturated carbocycles. The third-order valence-corrected chi connectivity index (χ3v) is 4.07. The van der Waals surface area contributed by atoms with Crippen LogP contribution in [0.4, 0.5) is 0 Å². The van der Waals surface area contributed by atoms with Gasteiger partial charge in [0.05, 0.1) is 12.1 Å². The molecule has 0 unspecified atom stereocenters. The standard InChI is InChI=1S/C13H21N3OS/c17-13(9-14-7-12-8-15-10-18-12)16-11-5-3-1-2-4-6-11/h8,10-11,14H,1-7,9H2,(H,16,17). The van der Waals surface area contributed by atoms with Crippen LogP contribution in [0.3, 0.4) is 0 Å². The van der Waals surface area contributed by atoms with E-state index in [9.17, 15) is 4.79 Å². The van der Waals surface area contributed by atoms with Crippen molar-refractivity contribution < 1.29 is 4.79 Å². The molecule has 0 radical (unpaired) electrons. The third-order valence-electron chi connectivity index (χ3n) is 3.29. The summed E-state index contributed by atoms with van der Waals surface area (Å²) in [6.45, 7) is 1.12. The maximum Gasteiger partial charge on any atom is 0.234 e. The lowest BCUT2D eigenvalue weighted by Crippen LogP contribution is -2.40. The van der Waals surface area contributed by atoms with E-state index in [1.165, 1.54) is 25.7 Å². The molecule has 2 rings (SSSR count). The van der Waals surface area contributed by atoms with Crippen molar-refractivity contribution in [2.75, 3.05) is 6.54 Å². The average molecular weight is 267 g/mol. The molecule has 5 heteroatoms. The van der Waals surface area contributed by atoms with Gasteiger partial charge in [0.1, 0.15) is 0 Å². The third kappa shape index (κ3) is 4.74. The van der Waals surface area contributed by atoms with Gasteiger partial charge in [-0.3, -0.25) is 9.78 Å². The minimum absolute atomic E-state index is 0.117. The number of nitrogens with zero attached hydrogens (tertiary/aromatic N) is 1. The van der Waals surface area contributed by atoms with E-state index in [0.29, 0.717) is 12.6 Å². The number of thiazole rings is 1. The molecule has 1 fully saturated rings. The van der Waals surface area contributed by atoms with Gasteiger partial charge in [0.15, 0.2) is 0 Å². The molecule has 4 nitrogen and oxygen atoms in total. The summed E-state index contributed by atoms with van der Waals surface area (Å²) in [5, 5.41) is 6.28. The van der Waals surface area contributed by atoms with Gasteiger partial charge in [-0.05, 0) is 12.8 Å². The fourth-order valence-electron chi connectivity index (χ4n) is 2.33. The maximum atomic E-state index is 11.8. The first-order valence-electron chi connectivity index (χ1n) is 6.72. The molecule has 1 amide bonds. The minimum Gasteiger partial charge on any atom is -0.352 e. The molecule has 1 aliphatic rings. The van der Waals surface area contributed by atoms with Crippen LogP contribution in [0.25, 0.3) is 0 Å². The number of carbonyl (C=O) groups excluding carboxylic acids is 1. The first-order valence-corrected chi connectivity index (χ1v) is 7.60. The Balaban J connectivity index is 1.62. The van der Waals surface area contributed by atoms with Crippen LogP contribution in [0.1, 0.15) is 43.4 Å². The second kappa shape index (κ2) is 7.48. The Morgan fingerprint density at radius 3 is 2.78 bits per heavy atom. The quantitative estimate of drug-likeness (QED) is 0.803. The van der Waals surface area contributed by atoms with E-state index in [2.05, 4.69) is 15.6 Å². The maximum absolute atomic E-state index is 11.8. The molecule has 0 bridgehead atoms. The Hall–Kier alpha value is -0.940. The molecular formula is C13H21N3OS. The number of amides is 1. The van der Waals surface area contributed by atoms with Crippen molar-refractivity contribution in [2.45, 2.75) is 51.1 Å². The van der Waals surface area contributed by atoms with E-state index >= 15 is 0 Å². The predicted octanol–water partition coefficient (Wildman–Crippen LogP) is 2.07.